The summed E-state index contributed by atoms with van der Waals surface area (Å²) < 4.78 is 0. The fourth-order valence-electron chi connectivity index (χ4n) is 2.94. The molecule has 0 heterocycles. The van der Waals surface area contributed by atoms with Gasteiger partial charge in [0, 0.05) is 0 Å². The van der Waals surface area contributed by atoms with E-state index in [2.05, 4.69) is 13.8 Å². The van der Waals surface area contributed by atoms with Gasteiger partial charge in [0.1, 0.15) is 0 Å². The molecule has 1 unspecified atom stereocenters. The summed E-state index contributed by atoms with van der Waals surface area (Å²) in [7, 11) is 0. The Morgan fingerprint density at radius 3 is 1.55 bits per heavy atom. The van der Waals surface area contributed by atoms with Crippen molar-refractivity contribution >= 4 is 0 Å². The Hall–Kier alpha value is -0.0800. The maximum absolute atomic E-state index is 5.69. The van der Waals surface area contributed by atoms with Crippen LogP contribution in [-0.4, -0.2) is 13.1 Å². The Balaban J connectivity index is 3.31. The molecule has 0 bridgehead atoms. The molecule has 0 aromatic heterocycles. The fourth-order valence-corrected chi connectivity index (χ4v) is 2.94. The van der Waals surface area contributed by atoms with Crippen LogP contribution in [0.5, 0.6) is 0 Å². The lowest BCUT2D eigenvalue weighted by atomic mass is 9.92. The molecule has 4 N–H and O–H groups in total. The highest BCUT2D eigenvalue weighted by atomic mass is 14.5. The van der Waals surface area contributed by atoms with Crippen molar-refractivity contribution in [3.8, 4) is 0 Å². The first-order valence-electron chi connectivity index (χ1n) is 9.10. The summed E-state index contributed by atoms with van der Waals surface area (Å²) in [6.45, 7) is 6.31. The van der Waals surface area contributed by atoms with Gasteiger partial charge in [-0.3, -0.25) is 0 Å². The van der Waals surface area contributed by atoms with Gasteiger partial charge in [0.25, 0.3) is 0 Å². The second kappa shape index (κ2) is 15.3. The highest BCUT2D eigenvalue weighted by Gasteiger charge is 2.06. The molecule has 0 amide bonds. The molecule has 1 atom stereocenters. The standard InChI is InChI=1S/C18H40N2/c1-17(2)11-8-6-4-3-5-7-9-12-18(14-16-20)13-10-15-19/h17-18H,3-16,19-20H2,1-2H3. The van der Waals surface area contributed by atoms with Gasteiger partial charge in [-0.1, -0.05) is 71.6 Å². The van der Waals surface area contributed by atoms with Crippen molar-refractivity contribution in [2.45, 2.75) is 90.9 Å². The lowest BCUT2D eigenvalue weighted by Gasteiger charge is -2.15. The highest BCUT2D eigenvalue weighted by molar-refractivity contribution is 4.61. The molecule has 2 nitrogen and oxygen atoms in total. The zero-order chi connectivity index (χ0) is 15.1. The van der Waals surface area contributed by atoms with E-state index >= 15 is 0 Å². The van der Waals surface area contributed by atoms with E-state index in [4.69, 9.17) is 11.5 Å². The normalized spacial score (nSPS) is 13.1. The first-order chi connectivity index (χ1) is 9.70. The number of hydrogen-bond acceptors (Lipinski definition) is 2. The quantitative estimate of drug-likeness (QED) is 0.422. The van der Waals surface area contributed by atoms with Crippen LogP contribution in [0.4, 0.5) is 0 Å². The smallest absolute Gasteiger partial charge is 0.00746 e. The van der Waals surface area contributed by atoms with E-state index < -0.39 is 0 Å². The van der Waals surface area contributed by atoms with Gasteiger partial charge in [-0.2, -0.15) is 0 Å². The van der Waals surface area contributed by atoms with E-state index in [9.17, 15) is 0 Å². The number of hydrogen-bond donors (Lipinski definition) is 2. The van der Waals surface area contributed by atoms with Crippen LogP contribution in [-0.2, 0) is 0 Å². The molecule has 2 heteroatoms. The van der Waals surface area contributed by atoms with Crippen LogP contribution in [0.3, 0.4) is 0 Å². The maximum atomic E-state index is 5.69. The van der Waals surface area contributed by atoms with E-state index in [0.29, 0.717) is 0 Å². The third-order valence-electron chi connectivity index (χ3n) is 4.29. The van der Waals surface area contributed by atoms with Gasteiger partial charge in [-0.05, 0) is 44.2 Å². The van der Waals surface area contributed by atoms with E-state index in [1.54, 1.807) is 0 Å². The molecule has 0 aromatic carbocycles. The summed E-state index contributed by atoms with van der Waals surface area (Å²) in [6.07, 6.45) is 16.4. The molecule has 0 spiro atoms. The predicted molar refractivity (Wildman–Crippen MR) is 91.8 cm³/mol. The average Bonchev–Trinajstić information content (AvgIpc) is 2.42. The van der Waals surface area contributed by atoms with Gasteiger partial charge < -0.3 is 11.5 Å². The number of nitrogens with two attached hydrogens (primary N) is 2. The van der Waals surface area contributed by atoms with Crippen molar-refractivity contribution in [3.05, 3.63) is 0 Å². The Morgan fingerprint density at radius 1 is 0.550 bits per heavy atom. The Kier molecular flexibility index (Phi) is 15.3. The molecule has 0 radical (unpaired) electrons. The minimum absolute atomic E-state index is 0.828. The third-order valence-corrected chi connectivity index (χ3v) is 4.29. The van der Waals surface area contributed by atoms with E-state index in [-0.39, 0.29) is 0 Å². The zero-order valence-electron chi connectivity index (χ0n) is 14.2. The molecule has 122 valence electrons. The summed E-state index contributed by atoms with van der Waals surface area (Å²) in [5.41, 5.74) is 11.3. The largest absolute Gasteiger partial charge is 0.330 e. The van der Waals surface area contributed by atoms with Gasteiger partial charge in [-0.15, -0.1) is 0 Å². The van der Waals surface area contributed by atoms with Crippen LogP contribution in [0.2, 0.25) is 0 Å². The Morgan fingerprint density at radius 2 is 1.05 bits per heavy atom. The molecule has 0 aliphatic carbocycles. The first kappa shape index (κ1) is 19.9. The number of unbranched alkanes of at least 4 members (excludes halogenated alkanes) is 6. The van der Waals surface area contributed by atoms with Crippen LogP contribution in [0.1, 0.15) is 90.9 Å². The zero-order valence-corrected chi connectivity index (χ0v) is 14.2. The molecule has 0 fully saturated rings. The van der Waals surface area contributed by atoms with Crippen LogP contribution in [0, 0.1) is 11.8 Å². The van der Waals surface area contributed by atoms with E-state index in [1.807, 2.05) is 0 Å². The lowest BCUT2D eigenvalue weighted by molar-refractivity contribution is 0.394. The molecule has 0 saturated heterocycles. The van der Waals surface area contributed by atoms with Gasteiger partial charge in [0.2, 0.25) is 0 Å². The maximum Gasteiger partial charge on any atom is -0.00746 e. The minimum atomic E-state index is 0.828. The predicted octanol–water partition coefficient (Wildman–Crippen LogP) is 4.86. The van der Waals surface area contributed by atoms with Gasteiger partial charge in [-0.25, -0.2) is 0 Å². The van der Waals surface area contributed by atoms with Crippen LogP contribution < -0.4 is 11.5 Å². The van der Waals surface area contributed by atoms with E-state index in [1.165, 1.54) is 77.0 Å². The van der Waals surface area contributed by atoms with Crippen molar-refractivity contribution in [1.29, 1.82) is 0 Å². The monoisotopic (exact) mass is 284 g/mol. The van der Waals surface area contributed by atoms with Crippen molar-refractivity contribution < 1.29 is 0 Å². The van der Waals surface area contributed by atoms with Crippen molar-refractivity contribution in [3.63, 3.8) is 0 Å². The fraction of sp³-hybridized carbons (Fsp3) is 1.00. The molecule has 0 rings (SSSR count). The second-order valence-corrected chi connectivity index (χ2v) is 6.82. The Bertz CT molecular complexity index is 180. The average molecular weight is 285 g/mol. The van der Waals surface area contributed by atoms with Crippen LogP contribution in [0.15, 0.2) is 0 Å². The SMILES string of the molecule is CC(C)CCCCCCCCCC(CCN)CCCN. The molecular weight excluding hydrogens is 244 g/mol. The minimum Gasteiger partial charge on any atom is -0.330 e. The Labute approximate surface area is 128 Å². The van der Waals surface area contributed by atoms with E-state index in [0.717, 1.165) is 24.9 Å². The van der Waals surface area contributed by atoms with Crippen molar-refractivity contribution in [1.82, 2.24) is 0 Å². The van der Waals surface area contributed by atoms with Gasteiger partial charge in [0.05, 0.1) is 0 Å². The summed E-state index contributed by atoms with van der Waals surface area (Å²) in [5.74, 6) is 1.71. The molecule has 0 saturated carbocycles. The van der Waals surface area contributed by atoms with Crippen LogP contribution >= 0.6 is 0 Å². The first-order valence-corrected chi connectivity index (χ1v) is 9.10. The van der Waals surface area contributed by atoms with Crippen molar-refractivity contribution in [2.75, 3.05) is 13.1 Å². The summed E-state index contributed by atoms with van der Waals surface area (Å²) >= 11 is 0. The molecular formula is C18H40N2. The highest BCUT2D eigenvalue weighted by Crippen LogP contribution is 2.19. The topological polar surface area (TPSA) is 52.0 Å². The van der Waals surface area contributed by atoms with Gasteiger partial charge in [0.15, 0.2) is 0 Å². The third kappa shape index (κ3) is 14.3. The summed E-state index contributed by atoms with van der Waals surface area (Å²) in [6, 6.07) is 0. The second-order valence-electron chi connectivity index (χ2n) is 6.82. The molecule has 0 aromatic rings. The molecule has 0 aliphatic heterocycles. The van der Waals surface area contributed by atoms with Gasteiger partial charge >= 0.3 is 0 Å². The lowest BCUT2D eigenvalue weighted by Crippen LogP contribution is -2.11. The van der Waals surface area contributed by atoms with Crippen molar-refractivity contribution in [2.24, 2.45) is 23.3 Å². The number of rotatable bonds is 15. The van der Waals surface area contributed by atoms with Crippen LogP contribution in [0.25, 0.3) is 0 Å². The molecule has 0 aliphatic rings. The summed E-state index contributed by atoms with van der Waals surface area (Å²) in [5, 5.41) is 0. The summed E-state index contributed by atoms with van der Waals surface area (Å²) in [4.78, 5) is 0. The molecule has 20 heavy (non-hydrogen) atoms.